The van der Waals surface area contributed by atoms with E-state index in [1.807, 2.05) is 0 Å². The summed E-state index contributed by atoms with van der Waals surface area (Å²) >= 11 is 0. The Morgan fingerprint density at radius 3 is 2.31 bits per heavy atom. The number of hydrogen-bond donors (Lipinski definition) is 2. The molecule has 0 aliphatic carbocycles. The molecule has 0 unspecified atom stereocenters. The summed E-state index contributed by atoms with van der Waals surface area (Å²) in [6, 6.07) is 5.84. The van der Waals surface area contributed by atoms with Crippen LogP contribution in [0.4, 0.5) is 41.3 Å². The minimum atomic E-state index is -4.91. The van der Waals surface area contributed by atoms with Crippen LogP contribution in [-0.2, 0) is 12.4 Å². The van der Waals surface area contributed by atoms with Crippen molar-refractivity contribution >= 4 is 17.5 Å². The van der Waals surface area contributed by atoms with Gasteiger partial charge in [0.2, 0.25) is 0 Å². The van der Waals surface area contributed by atoms with Crippen LogP contribution in [0, 0.1) is 11.7 Å². The van der Waals surface area contributed by atoms with Gasteiger partial charge in [0, 0.05) is 37.7 Å². The molecule has 188 valence electrons. The number of carbonyl (C=O) groups excluding carboxylic acids is 1. The molecule has 7 nitrogen and oxygen atoms in total. The van der Waals surface area contributed by atoms with Crippen LogP contribution < -0.4 is 11.1 Å². The first-order valence-corrected chi connectivity index (χ1v) is 10.4. The average molecular weight is 504 g/mol. The first-order valence-electron chi connectivity index (χ1n) is 10.4. The Bertz CT molecular complexity index is 1220. The molecular formula is C21H19F7N6O. The van der Waals surface area contributed by atoms with Crippen molar-refractivity contribution in [2.75, 3.05) is 25.0 Å². The Labute approximate surface area is 193 Å². The Morgan fingerprint density at radius 2 is 1.74 bits per heavy atom. The second kappa shape index (κ2) is 8.89. The maximum Gasteiger partial charge on any atom is 0.435 e. The first-order chi connectivity index (χ1) is 16.3. The van der Waals surface area contributed by atoms with Crippen LogP contribution >= 0.6 is 0 Å². The van der Waals surface area contributed by atoms with E-state index in [2.05, 4.69) is 15.4 Å². The van der Waals surface area contributed by atoms with Gasteiger partial charge < -0.3 is 16.0 Å². The van der Waals surface area contributed by atoms with E-state index in [0.29, 0.717) is 35.2 Å². The number of benzene rings is 1. The first kappa shape index (κ1) is 24.5. The normalized spacial score (nSPS) is 17.7. The van der Waals surface area contributed by atoms with Crippen LogP contribution in [0.25, 0.3) is 5.65 Å². The molecule has 1 aromatic carbocycles. The highest BCUT2D eigenvalue weighted by Crippen LogP contribution is 2.35. The monoisotopic (exact) mass is 504 g/mol. The summed E-state index contributed by atoms with van der Waals surface area (Å²) in [4.78, 5) is 16.2. The number of primary amides is 1. The lowest BCUT2D eigenvalue weighted by Gasteiger charge is -2.25. The molecule has 2 aromatic heterocycles. The molecule has 4 rings (SSSR count). The van der Waals surface area contributed by atoms with E-state index in [0.717, 1.165) is 0 Å². The van der Waals surface area contributed by atoms with Crippen molar-refractivity contribution in [2.45, 2.75) is 24.7 Å². The van der Waals surface area contributed by atoms with Gasteiger partial charge in [-0.05, 0) is 30.0 Å². The second-order valence-electron chi connectivity index (χ2n) is 8.19. The van der Waals surface area contributed by atoms with Crippen molar-refractivity contribution in [1.82, 2.24) is 19.5 Å². The number of amides is 2. The number of alkyl halides is 6. The predicted molar refractivity (Wildman–Crippen MR) is 110 cm³/mol. The van der Waals surface area contributed by atoms with Gasteiger partial charge in [-0.15, -0.1) is 0 Å². The lowest BCUT2D eigenvalue weighted by atomic mass is 9.85. The number of fused-ring (bicyclic) bond motifs is 1. The number of nitrogens with two attached hydrogens (primary N) is 1. The number of nitrogens with zero attached hydrogens (tertiary/aromatic N) is 4. The fourth-order valence-electron chi connectivity index (χ4n) is 4.18. The number of nitrogens with one attached hydrogen (secondary N) is 1. The zero-order valence-corrected chi connectivity index (χ0v) is 17.9. The van der Waals surface area contributed by atoms with Gasteiger partial charge in [-0.2, -0.15) is 36.0 Å². The molecule has 3 heterocycles. The summed E-state index contributed by atoms with van der Waals surface area (Å²) in [6.07, 6.45) is -9.28. The molecule has 1 fully saturated rings. The van der Waals surface area contributed by atoms with Crippen molar-refractivity contribution < 1.29 is 35.5 Å². The van der Waals surface area contributed by atoms with E-state index in [9.17, 15) is 35.5 Å². The molecular weight excluding hydrogens is 485 g/mol. The van der Waals surface area contributed by atoms with E-state index in [1.54, 1.807) is 0 Å². The summed E-state index contributed by atoms with van der Waals surface area (Å²) < 4.78 is 93.7. The predicted octanol–water partition coefficient (Wildman–Crippen LogP) is 4.50. The van der Waals surface area contributed by atoms with Gasteiger partial charge in [0.15, 0.2) is 17.0 Å². The topological polar surface area (TPSA) is 88.5 Å². The highest BCUT2D eigenvalue weighted by molar-refractivity contribution is 5.72. The maximum atomic E-state index is 13.5. The molecule has 2 amide bonds. The minimum Gasteiger partial charge on any atom is -0.369 e. The minimum absolute atomic E-state index is 0.0411. The molecule has 3 aromatic rings. The average Bonchev–Trinajstić information content (AvgIpc) is 3.42. The number of urea groups is 1. The van der Waals surface area contributed by atoms with Crippen molar-refractivity contribution in [3.63, 3.8) is 0 Å². The molecule has 1 aliphatic rings. The zero-order chi connectivity index (χ0) is 25.5. The van der Waals surface area contributed by atoms with E-state index in [4.69, 9.17) is 5.73 Å². The number of carbonyl (C=O) groups is 1. The lowest BCUT2D eigenvalue weighted by molar-refractivity contribution is -0.142. The zero-order valence-electron chi connectivity index (χ0n) is 17.9. The molecule has 0 saturated carbocycles. The molecule has 1 saturated heterocycles. The summed E-state index contributed by atoms with van der Waals surface area (Å²) in [5.41, 5.74) is 2.57. The fraction of sp³-hybridized carbons (Fsp3) is 0.381. The SMILES string of the molecule is NC(=O)N1CC[C@H]([C@H](CNc2cc(C(F)(F)F)nc3cc(C(F)(F)F)nn23)c2ccc(F)cc2)C1. The van der Waals surface area contributed by atoms with Crippen LogP contribution in [0.15, 0.2) is 36.4 Å². The summed E-state index contributed by atoms with van der Waals surface area (Å²) in [5.74, 6) is -1.47. The smallest absolute Gasteiger partial charge is 0.369 e. The molecule has 3 N–H and O–H groups in total. The fourth-order valence-corrected chi connectivity index (χ4v) is 4.18. The number of rotatable bonds is 5. The van der Waals surface area contributed by atoms with Gasteiger partial charge >= 0.3 is 18.4 Å². The molecule has 14 heteroatoms. The number of anilines is 1. The number of hydrogen-bond acceptors (Lipinski definition) is 4. The van der Waals surface area contributed by atoms with Gasteiger partial charge in [-0.25, -0.2) is 14.2 Å². The quantitative estimate of drug-likeness (QED) is 0.501. The van der Waals surface area contributed by atoms with Crippen LogP contribution in [0.5, 0.6) is 0 Å². The summed E-state index contributed by atoms with van der Waals surface area (Å²) in [7, 11) is 0. The van der Waals surface area contributed by atoms with E-state index >= 15 is 0 Å². The molecule has 0 spiro atoms. The van der Waals surface area contributed by atoms with Gasteiger partial charge in [0.1, 0.15) is 11.6 Å². The molecule has 2 atom stereocenters. The maximum absolute atomic E-state index is 13.5. The van der Waals surface area contributed by atoms with E-state index < -0.39 is 47.2 Å². The third-order valence-corrected chi connectivity index (χ3v) is 5.91. The lowest BCUT2D eigenvalue weighted by Crippen LogP contribution is -2.34. The van der Waals surface area contributed by atoms with Crippen molar-refractivity contribution in [3.8, 4) is 0 Å². The summed E-state index contributed by atoms with van der Waals surface area (Å²) in [6.45, 7) is 0.586. The summed E-state index contributed by atoms with van der Waals surface area (Å²) in [5, 5.41) is 6.15. The van der Waals surface area contributed by atoms with E-state index in [1.165, 1.54) is 29.2 Å². The van der Waals surface area contributed by atoms with Gasteiger partial charge in [0.05, 0.1) is 0 Å². The van der Waals surface area contributed by atoms with Crippen LogP contribution in [0.3, 0.4) is 0 Å². The van der Waals surface area contributed by atoms with Crippen LogP contribution in [0.2, 0.25) is 0 Å². The second-order valence-corrected chi connectivity index (χ2v) is 8.19. The standard InChI is InChI=1S/C21H19F7N6O/c22-13-3-1-11(2-4-13)14(12-5-6-33(10-12)19(29)35)9-30-17-7-15(20(23,24)25)31-18-8-16(21(26,27)28)32-34(17)18/h1-4,7-8,12,14,30H,5-6,9-10H2,(H2,29,35)/t12-,14+/m0/s1. The molecule has 1 aliphatic heterocycles. The number of likely N-dealkylation sites (tertiary alicyclic amines) is 1. The molecule has 0 bridgehead atoms. The third-order valence-electron chi connectivity index (χ3n) is 5.91. The highest BCUT2D eigenvalue weighted by Gasteiger charge is 2.38. The Kier molecular flexibility index (Phi) is 6.23. The third kappa shape index (κ3) is 5.25. The number of halogens is 7. The van der Waals surface area contributed by atoms with E-state index in [-0.39, 0.29) is 24.8 Å². The highest BCUT2D eigenvalue weighted by atomic mass is 19.4. The van der Waals surface area contributed by atoms with Gasteiger partial charge in [0.25, 0.3) is 0 Å². The van der Waals surface area contributed by atoms with Crippen LogP contribution in [0.1, 0.15) is 29.3 Å². The van der Waals surface area contributed by atoms with Crippen LogP contribution in [-0.4, -0.2) is 45.2 Å². The molecule has 35 heavy (non-hydrogen) atoms. The molecule has 0 radical (unpaired) electrons. The Hall–Kier alpha value is -3.58. The Morgan fingerprint density at radius 1 is 1.09 bits per heavy atom. The Balaban J connectivity index is 1.70. The van der Waals surface area contributed by atoms with Gasteiger partial charge in [-0.1, -0.05) is 12.1 Å². The van der Waals surface area contributed by atoms with Crippen molar-refractivity contribution in [1.29, 1.82) is 0 Å². The van der Waals surface area contributed by atoms with Crippen molar-refractivity contribution in [3.05, 3.63) is 59.2 Å². The largest absolute Gasteiger partial charge is 0.435 e. The number of aromatic nitrogens is 3. The van der Waals surface area contributed by atoms with Crippen molar-refractivity contribution in [2.24, 2.45) is 11.7 Å². The van der Waals surface area contributed by atoms with Gasteiger partial charge in [-0.3, -0.25) is 0 Å².